The van der Waals surface area contributed by atoms with E-state index >= 15 is 0 Å². The summed E-state index contributed by atoms with van der Waals surface area (Å²) in [4.78, 5) is 2.14. The molecule has 0 saturated heterocycles. The van der Waals surface area contributed by atoms with Crippen molar-refractivity contribution >= 4 is 5.69 Å². The Morgan fingerprint density at radius 3 is 2.21 bits per heavy atom. The first-order valence-corrected chi connectivity index (χ1v) is 6.69. The molecule has 2 rings (SSSR count). The fourth-order valence-corrected chi connectivity index (χ4v) is 2.30. The zero-order chi connectivity index (χ0) is 13.8. The van der Waals surface area contributed by atoms with Crippen LogP contribution >= 0.6 is 0 Å². The van der Waals surface area contributed by atoms with Crippen LogP contribution in [-0.4, -0.2) is 20.1 Å². The molecule has 2 nitrogen and oxygen atoms in total. The third-order valence-electron chi connectivity index (χ3n) is 3.21. The van der Waals surface area contributed by atoms with Gasteiger partial charge in [-0.2, -0.15) is 0 Å². The zero-order valence-electron chi connectivity index (χ0n) is 11.9. The molecule has 0 bridgehead atoms. The number of hydrogen-bond acceptors (Lipinski definition) is 2. The topological polar surface area (TPSA) is 29.3 Å². The van der Waals surface area contributed by atoms with Crippen molar-refractivity contribution in [2.75, 3.05) is 19.0 Å². The molecule has 1 unspecified atom stereocenters. The molecule has 19 heavy (non-hydrogen) atoms. The predicted octanol–water partition coefficient (Wildman–Crippen LogP) is 3.31. The van der Waals surface area contributed by atoms with Crippen molar-refractivity contribution in [1.29, 1.82) is 0 Å². The van der Waals surface area contributed by atoms with Gasteiger partial charge in [0.15, 0.2) is 0 Å². The fraction of sp³-hybridized carbons (Fsp3) is 0.294. The minimum atomic E-state index is 0.208. The predicted molar refractivity (Wildman–Crippen MR) is 83.6 cm³/mol. The van der Waals surface area contributed by atoms with Crippen LogP contribution in [-0.2, 0) is 6.42 Å². The Labute approximate surface area is 115 Å². The first-order chi connectivity index (χ1) is 9.08. The summed E-state index contributed by atoms with van der Waals surface area (Å²) in [6.45, 7) is 2.04. The van der Waals surface area contributed by atoms with Gasteiger partial charge in [-0.25, -0.2) is 0 Å². The average molecular weight is 254 g/mol. The molecule has 2 aromatic carbocycles. The molecule has 0 heterocycles. The van der Waals surface area contributed by atoms with Crippen molar-refractivity contribution < 1.29 is 0 Å². The van der Waals surface area contributed by atoms with Crippen LogP contribution in [0.3, 0.4) is 0 Å². The first kappa shape index (κ1) is 13.6. The van der Waals surface area contributed by atoms with Crippen molar-refractivity contribution in [1.82, 2.24) is 0 Å². The molecule has 1 atom stereocenters. The van der Waals surface area contributed by atoms with Gasteiger partial charge < -0.3 is 10.6 Å². The Morgan fingerprint density at radius 1 is 1.00 bits per heavy atom. The second-order valence-electron chi connectivity index (χ2n) is 5.29. The highest BCUT2D eigenvalue weighted by Gasteiger charge is 2.06. The summed E-state index contributed by atoms with van der Waals surface area (Å²) in [5.41, 5.74) is 10.9. The van der Waals surface area contributed by atoms with E-state index in [2.05, 4.69) is 67.5 Å². The molecule has 0 aliphatic rings. The molecule has 2 aromatic rings. The number of hydrogen-bond donors (Lipinski definition) is 1. The average Bonchev–Trinajstić information content (AvgIpc) is 2.39. The van der Waals surface area contributed by atoms with Gasteiger partial charge in [-0.05, 0) is 30.5 Å². The van der Waals surface area contributed by atoms with Gasteiger partial charge in [0, 0.05) is 31.4 Å². The Kier molecular flexibility index (Phi) is 4.23. The van der Waals surface area contributed by atoms with E-state index in [1.54, 1.807) is 0 Å². The van der Waals surface area contributed by atoms with Crippen LogP contribution in [0.25, 0.3) is 11.1 Å². The Hall–Kier alpha value is -1.80. The minimum Gasteiger partial charge on any atom is -0.377 e. The van der Waals surface area contributed by atoms with Crippen molar-refractivity contribution in [2.45, 2.75) is 19.4 Å². The number of anilines is 1. The van der Waals surface area contributed by atoms with Gasteiger partial charge in [0.05, 0.1) is 0 Å². The largest absolute Gasteiger partial charge is 0.377 e. The van der Waals surface area contributed by atoms with Crippen LogP contribution in [0, 0.1) is 0 Å². The summed E-state index contributed by atoms with van der Waals surface area (Å²) in [7, 11) is 4.15. The standard InChI is InChI=1S/C17H22N2/c1-13(18)12-14-8-10-15(11-9-14)16-6-4-5-7-17(16)19(2)3/h4-11,13H,12,18H2,1-3H3. The van der Waals surface area contributed by atoms with E-state index in [1.807, 2.05) is 6.92 Å². The Balaban J connectivity index is 2.32. The molecule has 0 aromatic heterocycles. The maximum absolute atomic E-state index is 5.83. The second-order valence-corrected chi connectivity index (χ2v) is 5.29. The van der Waals surface area contributed by atoms with Gasteiger partial charge >= 0.3 is 0 Å². The minimum absolute atomic E-state index is 0.208. The van der Waals surface area contributed by atoms with Crippen LogP contribution < -0.4 is 10.6 Å². The lowest BCUT2D eigenvalue weighted by atomic mass is 10.00. The summed E-state index contributed by atoms with van der Waals surface area (Å²) in [5, 5.41) is 0. The van der Waals surface area contributed by atoms with Crippen LogP contribution in [0.4, 0.5) is 5.69 Å². The number of benzene rings is 2. The molecule has 0 fully saturated rings. The monoisotopic (exact) mass is 254 g/mol. The van der Waals surface area contributed by atoms with Gasteiger partial charge in [0.1, 0.15) is 0 Å². The summed E-state index contributed by atoms with van der Waals surface area (Å²) in [6.07, 6.45) is 0.926. The van der Waals surface area contributed by atoms with Crippen molar-refractivity contribution in [3.63, 3.8) is 0 Å². The van der Waals surface area contributed by atoms with Crippen LogP contribution in [0.2, 0.25) is 0 Å². The molecule has 100 valence electrons. The van der Waals surface area contributed by atoms with Crippen LogP contribution in [0.15, 0.2) is 48.5 Å². The number of rotatable bonds is 4. The van der Waals surface area contributed by atoms with Gasteiger partial charge in [-0.3, -0.25) is 0 Å². The summed E-state index contributed by atoms with van der Waals surface area (Å²) < 4.78 is 0. The van der Waals surface area contributed by atoms with E-state index in [0.717, 1.165) is 6.42 Å². The fourth-order valence-electron chi connectivity index (χ4n) is 2.30. The summed E-state index contributed by atoms with van der Waals surface area (Å²) >= 11 is 0. The molecule has 0 saturated carbocycles. The van der Waals surface area contributed by atoms with E-state index in [0.29, 0.717) is 0 Å². The first-order valence-electron chi connectivity index (χ1n) is 6.69. The smallest absolute Gasteiger partial charge is 0.0440 e. The third-order valence-corrected chi connectivity index (χ3v) is 3.21. The zero-order valence-corrected chi connectivity index (χ0v) is 11.9. The molecule has 2 heteroatoms. The molecular weight excluding hydrogens is 232 g/mol. The van der Waals surface area contributed by atoms with E-state index in [-0.39, 0.29) is 6.04 Å². The number of para-hydroxylation sites is 1. The SMILES string of the molecule is CC(N)Cc1ccc(-c2ccccc2N(C)C)cc1. The molecule has 0 spiro atoms. The van der Waals surface area contributed by atoms with E-state index < -0.39 is 0 Å². The summed E-state index contributed by atoms with van der Waals surface area (Å²) in [6, 6.07) is 17.4. The molecule has 2 N–H and O–H groups in total. The normalized spacial score (nSPS) is 12.2. The van der Waals surface area contributed by atoms with Crippen LogP contribution in [0.1, 0.15) is 12.5 Å². The lowest BCUT2D eigenvalue weighted by Gasteiger charge is -2.17. The second kappa shape index (κ2) is 5.89. The molecule has 0 radical (unpaired) electrons. The Morgan fingerprint density at radius 2 is 1.63 bits per heavy atom. The highest BCUT2D eigenvalue weighted by Crippen LogP contribution is 2.29. The van der Waals surface area contributed by atoms with E-state index in [9.17, 15) is 0 Å². The number of nitrogens with zero attached hydrogens (tertiary/aromatic N) is 1. The molecule has 0 aliphatic carbocycles. The van der Waals surface area contributed by atoms with Crippen LogP contribution in [0.5, 0.6) is 0 Å². The number of nitrogens with two attached hydrogens (primary N) is 1. The highest BCUT2D eigenvalue weighted by atomic mass is 15.1. The van der Waals surface area contributed by atoms with Gasteiger partial charge in [-0.15, -0.1) is 0 Å². The van der Waals surface area contributed by atoms with Gasteiger partial charge in [-0.1, -0.05) is 42.5 Å². The molecular formula is C17H22N2. The molecule has 0 amide bonds. The quantitative estimate of drug-likeness (QED) is 0.907. The van der Waals surface area contributed by atoms with Crippen molar-refractivity contribution in [2.24, 2.45) is 5.73 Å². The van der Waals surface area contributed by atoms with Crippen molar-refractivity contribution in [3.05, 3.63) is 54.1 Å². The Bertz CT molecular complexity index is 527. The lowest BCUT2D eigenvalue weighted by molar-refractivity contribution is 0.738. The molecule has 0 aliphatic heterocycles. The van der Waals surface area contributed by atoms with Crippen molar-refractivity contribution in [3.8, 4) is 11.1 Å². The third kappa shape index (κ3) is 3.36. The van der Waals surface area contributed by atoms with Gasteiger partial charge in [0.2, 0.25) is 0 Å². The lowest BCUT2D eigenvalue weighted by Crippen LogP contribution is -2.17. The van der Waals surface area contributed by atoms with E-state index in [1.165, 1.54) is 22.4 Å². The van der Waals surface area contributed by atoms with E-state index in [4.69, 9.17) is 5.73 Å². The maximum Gasteiger partial charge on any atom is 0.0440 e. The summed E-state index contributed by atoms with van der Waals surface area (Å²) in [5.74, 6) is 0. The highest BCUT2D eigenvalue weighted by molar-refractivity contribution is 5.78. The maximum atomic E-state index is 5.83. The van der Waals surface area contributed by atoms with Gasteiger partial charge in [0.25, 0.3) is 0 Å².